The number of hydrogen-bond acceptors (Lipinski definition) is 4. The molecule has 0 heterocycles. The summed E-state index contributed by atoms with van der Waals surface area (Å²) in [4.78, 5) is 11.0. The summed E-state index contributed by atoms with van der Waals surface area (Å²) in [7, 11) is 0. The lowest BCUT2D eigenvalue weighted by atomic mass is 10.3. The molecule has 17 heavy (non-hydrogen) atoms. The first-order chi connectivity index (χ1) is 8.04. The standard InChI is InChI=1S/C8H13N7OS/c9-7(10)14-13-5-1-3-6(4-2-5)15(17-12)8(11)16/h1-4,12-13,17H,(H2,11,16)(H4,9,10,14). The third kappa shape index (κ3) is 3.65. The minimum absolute atomic E-state index is 0.00136. The molecule has 0 bridgehead atoms. The molecular weight excluding hydrogens is 242 g/mol. The predicted octanol–water partition coefficient (Wildman–Crippen LogP) is -0.336. The number of rotatable bonds is 4. The molecule has 8 nitrogen and oxygen atoms in total. The second kappa shape index (κ2) is 5.70. The molecule has 0 saturated carbocycles. The average molecular weight is 255 g/mol. The summed E-state index contributed by atoms with van der Waals surface area (Å²) in [6, 6.07) is 5.87. The van der Waals surface area contributed by atoms with Gasteiger partial charge in [0.15, 0.2) is 0 Å². The van der Waals surface area contributed by atoms with E-state index in [0.29, 0.717) is 11.4 Å². The maximum Gasteiger partial charge on any atom is 0.330 e. The highest BCUT2D eigenvalue weighted by molar-refractivity contribution is 7.69. The van der Waals surface area contributed by atoms with Gasteiger partial charge >= 0.3 is 6.03 Å². The maximum atomic E-state index is 11.0. The Morgan fingerprint density at radius 2 is 1.88 bits per heavy atom. The summed E-state index contributed by atoms with van der Waals surface area (Å²) < 4.78 is 8.23. The third-order valence-electron chi connectivity index (χ3n) is 1.73. The van der Waals surface area contributed by atoms with Gasteiger partial charge in [0.25, 0.3) is 0 Å². The molecule has 0 saturated heterocycles. The van der Waals surface area contributed by atoms with E-state index in [9.17, 15) is 4.79 Å². The van der Waals surface area contributed by atoms with Crippen LogP contribution in [0.2, 0.25) is 0 Å². The minimum atomic E-state index is -0.688. The van der Waals surface area contributed by atoms with Crippen LogP contribution in [0.4, 0.5) is 16.2 Å². The summed E-state index contributed by atoms with van der Waals surface area (Å²) >= 11 is -0.00136. The largest absolute Gasteiger partial charge is 0.369 e. The number of carbonyl (C=O) groups excluding carboxylic acids is 1. The molecule has 1 rings (SSSR count). The quantitative estimate of drug-likeness (QED) is 0.189. The first-order valence-corrected chi connectivity index (χ1v) is 5.31. The Bertz CT molecular complexity index is 440. The normalized spacial score (nSPS) is 9.41. The molecule has 0 aliphatic heterocycles. The number of thiol groups is 1. The fourth-order valence-electron chi connectivity index (χ4n) is 1.04. The van der Waals surface area contributed by atoms with Gasteiger partial charge in [0.05, 0.1) is 11.4 Å². The fourth-order valence-corrected chi connectivity index (χ4v) is 1.39. The highest BCUT2D eigenvalue weighted by Crippen LogP contribution is 2.17. The molecule has 0 aliphatic carbocycles. The molecule has 1 aromatic carbocycles. The summed E-state index contributed by atoms with van der Waals surface area (Å²) in [6.45, 7) is 0. The first-order valence-electron chi connectivity index (χ1n) is 4.46. The Hall–Kier alpha value is -2.29. The molecule has 0 spiro atoms. The van der Waals surface area contributed by atoms with Crippen LogP contribution in [0.1, 0.15) is 0 Å². The van der Waals surface area contributed by atoms with Crippen molar-refractivity contribution in [1.29, 1.82) is 4.78 Å². The van der Waals surface area contributed by atoms with Crippen molar-refractivity contribution in [3.8, 4) is 0 Å². The van der Waals surface area contributed by atoms with E-state index in [0.717, 1.165) is 4.31 Å². The highest BCUT2D eigenvalue weighted by Gasteiger charge is 2.08. The van der Waals surface area contributed by atoms with Crippen LogP contribution >= 0.6 is 0 Å². The van der Waals surface area contributed by atoms with Crippen LogP contribution in [0.5, 0.6) is 0 Å². The van der Waals surface area contributed by atoms with Crippen LogP contribution in [0.3, 0.4) is 0 Å². The number of carbonyl (C=O) groups is 1. The smallest absolute Gasteiger partial charge is 0.330 e. The number of urea groups is 1. The number of primary amides is 1. The average Bonchev–Trinajstić information content (AvgIpc) is 2.28. The fraction of sp³-hybridized carbons (Fsp3) is 0. The lowest BCUT2D eigenvalue weighted by Crippen LogP contribution is -2.31. The number of hydrogen-bond donors (Lipinski definition) is 6. The zero-order valence-corrected chi connectivity index (χ0v) is 9.69. The van der Waals surface area contributed by atoms with E-state index in [-0.39, 0.29) is 17.7 Å². The second-order valence-electron chi connectivity index (χ2n) is 2.95. The van der Waals surface area contributed by atoms with E-state index in [1.54, 1.807) is 24.3 Å². The van der Waals surface area contributed by atoms with Gasteiger partial charge in [0.1, 0.15) is 0 Å². The summed E-state index contributed by atoms with van der Waals surface area (Å²) in [5, 5.41) is 3.60. The van der Waals surface area contributed by atoms with Crippen LogP contribution in [0.15, 0.2) is 29.4 Å². The van der Waals surface area contributed by atoms with E-state index in [1.807, 2.05) is 0 Å². The minimum Gasteiger partial charge on any atom is -0.369 e. The molecule has 0 atom stereocenters. The van der Waals surface area contributed by atoms with Gasteiger partial charge in [0, 0.05) is 0 Å². The number of anilines is 2. The van der Waals surface area contributed by atoms with Gasteiger partial charge < -0.3 is 17.2 Å². The molecule has 2 amide bonds. The third-order valence-corrected chi connectivity index (χ3v) is 2.36. The molecule has 9 heteroatoms. The highest BCUT2D eigenvalue weighted by atomic mass is 32.1. The van der Waals surface area contributed by atoms with Crippen molar-refractivity contribution in [3.05, 3.63) is 24.3 Å². The van der Waals surface area contributed by atoms with Crippen molar-refractivity contribution in [2.24, 2.45) is 22.3 Å². The van der Waals surface area contributed by atoms with Gasteiger partial charge in [-0.25, -0.2) is 9.10 Å². The summed E-state index contributed by atoms with van der Waals surface area (Å²) in [5.74, 6) is -0.0856. The van der Waals surface area contributed by atoms with Crippen molar-refractivity contribution >= 4 is 35.1 Å². The van der Waals surface area contributed by atoms with Crippen molar-refractivity contribution < 1.29 is 4.79 Å². The zero-order valence-electron chi connectivity index (χ0n) is 8.79. The number of amides is 2. The van der Waals surface area contributed by atoms with Gasteiger partial charge in [0.2, 0.25) is 5.96 Å². The summed E-state index contributed by atoms with van der Waals surface area (Å²) in [5.41, 5.74) is 19.2. The SMILES string of the molecule is N=[SH]N(C(N)=O)c1ccc(NN=C(N)N)cc1. The van der Waals surface area contributed by atoms with E-state index >= 15 is 0 Å². The molecule has 0 fully saturated rings. The number of guanidine groups is 1. The van der Waals surface area contributed by atoms with Crippen molar-refractivity contribution in [2.45, 2.75) is 0 Å². The van der Waals surface area contributed by atoms with Gasteiger partial charge in [-0.3, -0.25) is 10.2 Å². The molecule has 0 unspecified atom stereocenters. The second-order valence-corrected chi connectivity index (χ2v) is 3.55. The zero-order chi connectivity index (χ0) is 12.8. The van der Waals surface area contributed by atoms with Crippen LogP contribution in [-0.2, 0) is 11.7 Å². The van der Waals surface area contributed by atoms with Crippen molar-refractivity contribution in [2.75, 3.05) is 9.73 Å². The molecule has 92 valence electrons. The molecule has 8 N–H and O–H groups in total. The molecular formula is C8H13N7OS. The molecule has 0 aliphatic rings. The summed E-state index contributed by atoms with van der Waals surface area (Å²) in [6.07, 6.45) is 0. The number of nitrogens with zero attached hydrogens (tertiary/aromatic N) is 2. The van der Waals surface area contributed by atoms with Gasteiger partial charge in [-0.15, -0.1) is 5.10 Å². The van der Waals surface area contributed by atoms with E-state index < -0.39 is 6.03 Å². The predicted molar refractivity (Wildman–Crippen MR) is 69.4 cm³/mol. The Morgan fingerprint density at radius 3 is 2.29 bits per heavy atom. The van der Waals surface area contributed by atoms with Gasteiger partial charge in [-0.05, 0) is 36.0 Å². The topological polar surface area (TPSA) is 147 Å². The Kier molecular flexibility index (Phi) is 4.29. The van der Waals surface area contributed by atoms with Crippen LogP contribution in [0, 0.1) is 4.78 Å². The number of nitrogens with one attached hydrogen (secondary N) is 2. The monoisotopic (exact) mass is 255 g/mol. The van der Waals surface area contributed by atoms with Crippen molar-refractivity contribution in [3.63, 3.8) is 0 Å². The maximum absolute atomic E-state index is 11.0. The van der Waals surface area contributed by atoms with Gasteiger partial charge in [-0.1, -0.05) is 0 Å². The first kappa shape index (κ1) is 12.8. The van der Waals surface area contributed by atoms with Crippen LogP contribution < -0.4 is 26.9 Å². The lowest BCUT2D eigenvalue weighted by molar-refractivity contribution is 0.257. The number of benzene rings is 1. The van der Waals surface area contributed by atoms with E-state index in [4.69, 9.17) is 22.0 Å². The van der Waals surface area contributed by atoms with E-state index in [1.165, 1.54) is 0 Å². The Labute approximate surface area is 102 Å². The molecule has 0 radical (unpaired) electrons. The lowest BCUT2D eigenvalue weighted by Gasteiger charge is -2.14. The Balaban J connectivity index is 2.83. The van der Waals surface area contributed by atoms with Crippen molar-refractivity contribution in [1.82, 2.24) is 0 Å². The van der Waals surface area contributed by atoms with E-state index in [2.05, 4.69) is 10.5 Å². The number of hydrazone groups is 1. The van der Waals surface area contributed by atoms with Gasteiger partial charge in [-0.2, -0.15) is 0 Å². The Morgan fingerprint density at radius 1 is 1.29 bits per heavy atom. The van der Waals surface area contributed by atoms with Crippen LogP contribution in [-0.4, -0.2) is 12.0 Å². The molecule has 0 aromatic heterocycles. The molecule has 1 aromatic rings. The van der Waals surface area contributed by atoms with Crippen LogP contribution in [0.25, 0.3) is 0 Å². The number of nitrogens with two attached hydrogens (primary N) is 3.